The Morgan fingerprint density at radius 3 is 2.68 bits per heavy atom. The zero-order valence-electron chi connectivity index (χ0n) is 18.1. The smallest absolute Gasteiger partial charge is 0.416 e. The molecule has 0 bridgehead atoms. The summed E-state index contributed by atoms with van der Waals surface area (Å²) in [4.78, 5) is 11.7. The number of aromatic nitrogens is 2. The highest BCUT2D eigenvalue weighted by atomic mass is 32.2. The lowest BCUT2D eigenvalue weighted by molar-refractivity contribution is -0.139. The van der Waals surface area contributed by atoms with Crippen molar-refractivity contribution >= 4 is 28.6 Å². The Bertz CT molecular complexity index is 1320. The van der Waals surface area contributed by atoms with Crippen LogP contribution in [0.1, 0.15) is 34.4 Å². The molecule has 0 fully saturated rings. The molecule has 0 spiro atoms. The molecule has 0 amide bonds. The van der Waals surface area contributed by atoms with E-state index in [4.69, 9.17) is 9.84 Å². The molecular formula is C25H21F3N2O3S. The fraction of sp³-hybridized carbons (Fsp3) is 0.200. The number of rotatable bonds is 8. The second-order valence-electron chi connectivity index (χ2n) is 7.61. The third-order valence-corrected chi connectivity index (χ3v) is 6.61. The standard InChI is InChI=1S/C25H21F3N2O3S/c1-2-15-12-19(9-10-21(15)33-14-22(31)32)34-24(16-5-3-7-18(11-16)25(26,27)28)20-8-4-6-17-13-29-30-23(17)20/h3-13,24H,2,14H2,1H3,(H,29,30)(H,31,32). The molecule has 1 atom stereocenters. The van der Waals surface area contributed by atoms with Crippen LogP contribution in [0.15, 0.2) is 71.8 Å². The van der Waals surface area contributed by atoms with Crippen LogP contribution in [0.2, 0.25) is 0 Å². The van der Waals surface area contributed by atoms with E-state index in [9.17, 15) is 18.0 Å². The number of H-pyrrole nitrogens is 1. The van der Waals surface area contributed by atoms with E-state index in [2.05, 4.69) is 10.2 Å². The van der Waals surface area contributed by atoms with Gasteiger partial charge in [0.05, 0.1) is 22.5 Å². The molecule has 0 saturated heterocycles. The molecule has 0 radical (unpaired) electrons. The number of aryl methyl sites for hydroxylation is 1. The summed E-state index contributed by atoms with van der Waals surface area (Å²) in [7, 11) is 0. The summed E-state index contributed by atoms with van der Waals surface area (Å²) in [6.07, 6.45) is -2.17. The summed E-state index contributed by atoms with van der Waals surface area (Å²) in [5, 5.41) is 16.4. The molecule has 34 heavy (non-hydrogen) atoms. The van der Waals surface area contributed by atoms with Gasteiger partial charge in [0.25, 0.3) is 0 Å². The zero-order valence-corrected chi connectivity index (χ0v) is 18.9. The van der Waals surface area contributed by atoms with Gasteiger partial charge in [-0.15, -0.1) is 11.8 Å². The van der Waals surface area contributed by atoms with Gasteiger partial charge in [0, 0.05) is 10.3 Å². The molecule has 1 aromatic heterocycles. The SMILES string of the molecule is CCc1cc(SC(c2cccc(C(F)(F)F)c2)c2cccc3cn[nH]c23)ccc1OCC(=O)O. The molecule has 4 aromatic rings. The van der Waals surface area contributed by atoms with Crippen molar-refractivity contribution in [3.05, 3.63) is 89.1 Å². The molecule has 1 heterocycles. The quantitative estimate of drug-likeness (QED) is 0.279. The number of nitrogens with one attached hydrogen (secondary N) is 1. The van der Waals surface area contributed by atoms with E-state index in [-0.39, 0.29) is 0 Å². The number of alkyl halides is 3. The van der Waals surface area contributed by atoms with Gasteiger partial charge in [0.2, 0.25) is 0 Å². The molecule has 0 saturated carbocycles. The van der Waals surface area contributed by atoms with Gasteiger partial charge in [-0.05, 0) is 47.4 Å². The minimum atomic E-state index is -4.45. The van der Waals surface area contributed by atoms with Crippen molar-refractivity contribution in [3.63, 3.8) is 0 Å². The van der Waals surface area contributed by atoms with Crippen LogP contribution in [-0.2, 0) is 17.4 Å². The maximum absolute atomic E-state index is 13.5. The first-order chi connectivity index (χ1) is 16.3. The highest BCUT2D eigenvalue weighted by Crippen LogP contribution is 2.44. The van der Waals surface area contributed by atoms with E-state index in [0.29, 0.717) is 17.7 Å². The summed E-state index contributed by atoms with van der Waals surface area (Å²) >= 11 is 1.41. The van der Waals surface area contributed by atoms with Crippen LogP contribution in [-0.4, -0.2) is 27.9 Å². The van der Waals surface area contributed by atoms with E-state index in [1.54, 1.807) is 24.4 Å². The Labute approximate surface area is 198 Å². The Kier molecular flexibility index (Phi) is 6.83. The predicted octanol–water partition coefficient (Wildman–Crippen LogP) is 6.49. The van der Waals surface area contributed by atoms with Gasteiger partial charge < -0.3 is 9.84 Å². The fourth-order valence-electron chi connectivity index (χ4n) is 3.72. The number of carboxylic acids is 1. The first-order valence-corrected chi connectivity index (χ1v) is 11.4. The number of fused-ring (bicyclic) bond motifs is 1. The Morgan fingerprint density at radius 1 is 1.15 bits per heavy atom. The number of hydrogen-bond acceptors (Lipinski definition) is 4. The summed E-state index contributed by atoms with van der Waals surface area (Å²) in [5.74, 6) is -0.599. The number of aromatic amines is 1. The van der Waals surface area contributed by atoms with Gasteiger partial charge in [0.15, 0.2) is 6.61 Å². The van der Waals surface area contributed by atoms with Crippen LogP contribution >= 0.6 is 11.8 Å². The van der Waals surface area contributed by atoms with Crippen molar-refractivity contribution in [3.8, 4) is 5.75 Å². The molecule has 0 aliphatic rings. The fourth-order valence-corrected chi connectivity index (χ4v) is 4.96. The second-order valence-corrected chi connectivity index (χ2v) is 8.79. The minimum absolute atomic E-state index is 0.450. The molecular weight excluding hydrogens is 465 g/mol. The van der Waals surface area contributed by atoms with Gasteiger partial charge in [-0.25, -0.2) is 4.79 Å². The number of para-hydroxylation sites is 1. The summed E-state index contributed by atoms with van der Waals surface area (Å²) < 4.78 is 45.7. The molecule has 0 aliphatic carbocycles. The lowest BCUT2D eigenvalue weighted by Gasteiger charge is -2.21. The number of halogens is 3. The van der Waals surface area contributed by atoms with Crippen LogP contribution < -0.4 is 4.74 Å². The predicted molar refractivity (Wildman–Crippen MR) is 124 cm³/mol. The first-order valence-electron chi connectivity index (χ1n) is 10.5. The van der Waals surface area contributed by atoms with E-state index in [1.165, 1.54) is 23.9 Å². The van der Waals surface area contributed by atoms with Crippen LogP contribution in [0.5, 0.6) is 5.75 Å². The lowest BCUT2D eigenvalue weighted by atomic mass is 10.0. The van der Waals surface area contributed by atoms with E-state index in [0.717, 1.165) is 33.0 Å². The van der Waals surface area contributed by atoms with Gasteiger partial charge in [0.1, 0.15) is 5.75 Å². The van der Waals surface area contributed by atoms with Crippen LogP contribution in [0.25, 0.3) is 10.9 Å². The van der Waals surface area contributed by atoms with Crippen molar-refractivity contribution in [2.75, 3.05) is 6.61 Å². The van der Waals surface area contributed by atoms with Gasteiger partial charge >= 0.3 is 12.1 Å². The molecule has 3 aromatic carbocycles. The number of ether oxygens (including phenoxy) is 1. The average molecular weight is 487 g/mol. The van der Waals surface area contributed by atoms with Gasteiger partial charge in [-0.3, -0.25) is 5.10 Å². The maximum atomic E-state index is 13.5. The van der Waals surface area contributed by atoms with Crippen molar-refractivity contribution in [2.45, 2.75) is 29.7 Å². The lowest BCUT2D eigenvalue weighted by Crippen LogP contribution is -2.10. The van der Waals surface area contributed by atoms with Crippen molar-refractivity contribution < 1.29 is 27.8 Å². The molecule has 0 aliphatic heterocycles. The molecule has 1 unspecified atom stereocenters. The number of carbonyl (C=O) groups is 1. The van der Waals surface area contributed by atoms with Crippen LogP contribution in [0.3, 0.4) is 0 Å². The third kappa shape index (κ3) is 5.20. The zero-order chi connectivity index (χ0) is 24.3. The maximum Gasteiger partial charge on any atom is 0.416 e. The topological polar surface area (TPSA) is 75.2 Å². The van der Waals surface area contributed by atoms with Crippen LogP contribution in [0, 0.1) is 0 Å². The van der Waals surface area contributed by atoms with E-state index < -0.39 is 29.6 Å². The highest BCUT2D eigenvalue weighted by Gasteiger charge is 2.31. The monoisotopic (exact) mass is 486 g/mol. The van der Waals surface area contributed by atoms with Gasteiger partial charge in [-0.1, -0.05) is 43.3 Å². The number of aliphatic carboxylic acids is 1. The Morgan fingerprint density at radius 2 is 1.94 bits per heavy atom. The summed E-state index contributed by atoms with van der Waals surface area (Å²) in [6, 6.07) is 16.3. The van der Waals surface area contributed by atoms with Crippen molar-refractivity contribution in [1.29, 1.82) is 0 Å². The molecule has 5 nitrogen and oxygen atoms in total. The minimum Gasteiger partial charge on any atom is -0.482 e. The first kappa shape index (κ1) is 23.7. The molecule has 176 valence electrons. The average Bonchev–Trinajstić information content (AvgIpc) is 3.30. The number of hydrogen-bond donors (Lipinski definition) is 2. The largest absolute Gasteiger partial charge is 0.482 e. The Balaban J connectivity index is 1.77. The van der Waals surface area contributed by atoms with Crippen molar-refractivity contribution in [1.82, 2.24) is 10.2 Å². The summed E-state index contributed by atoms with van der Waals surface area (Å²) in [5.41, 5.74) is 2.18. The van der Waals surface area contributed by atoms with Gasteiger partial charge in [-0.2, -0.15) is 18.3 Å². The number of thioether (sulfide) groups is 1. The molecule has 9 heteroatoms. The normalized spacial score (nSPS) is 12.6. The number of carboxylic acid groups (broad SMARTS) is 1. The number of nitrogens with zero attached hydrogens (tertiary/aromatic N) is 1. The van der Waals surface area contributed by atoms with Crippen LogP contribution in [0.4, 0.5) is 13.2 Å². The van der Waals surface area contributed by atoms with E-state index in [1.807, 2.05) is 31.2 Å². The second kappa shape index (κ2) is 9.80. The molecule has 2 N–H and O–H groups in total. The third-order valence-electron chi connectivity index (χ3n) is 5.33. The van der Waals surface area contributed by atoms with Crippen molar-refractivity contribution in [2.24, 2.45) is 0 Å². The van der Waals surface area contributed by atoms with E-state index >= 15 is 0 Å². The molecule has 4 rings (SSSR count). The number of benzene rings is 3. The highest BCUT2D eigenvalue weighted by molar-refractivity contribution is 7.99. The Hall–Kier alpha value is -3.46. The summed E-state index contributed by atoms with van der Waals surface area (Å²) in [6.45, 7) is 1.47.